The Morgan fingerprint density at radius 2 is 0.650 bits per heavy atom. The van der Waals surface area contributed by atoms with Gasteiger partial charge in [0.15, 0.2) is 12.6 Å². The van der Waals surface area contributed by atoms with E-state index in [1.165, 1.54) is 321 Å². The molecular weight excluding hydrogens is 1290 g/mol. The van der Waals surface area contributed by atoms with Gasteiger partial charge >= 0.3 is 0 Å². The molecule has 2 rings (SSSR count). The lowest BCUT2D eigenvalue weighted by Gasteiger charge is -2.46. The molecule has 12 unspecified atom stereocenters. The van der Waals surface area contributed by atoms with Crippen LogP contribution in [0, 0.1) is 0 Å². The molecule has 604 valence electrons. The third-order valence-corrected chi connectivity index (χ3v) is 21.4. The van der Waals surface area contributed by atoms with Gasteiger partial charge in [-0.3, -0.25) is 4.79 Å². The average molecular weight is 1460 g/mol. The molecule has 0 aromatic carbocycles. The second kappa shape index (κ2) is 72.5. The van der Waals surface area contributed by atoms with Crippen LogP contribution in [0.4, 0.5) is 0 Å². The maximum Gasteiger partial charge on any atom is 0.220 e. The number of carbonyl (C=O) groups is 1. The average Bonchev–Trinajstić information content (AvgIpc) is 0.791. The highest BCUT2D eigenvalue weighted by atomic mass is 16.7. The molecule has 0 bridgehead atoms. The van der Waals surface area contributed by atoms with E-state index in [2.05, 4.69) is 67.8 Å². The molecule has 0 aromatic heterocycles. The molecule has 14 nitrogen and oxygen atoms in total. The smallest absolute Gasteiger partial charge is 0.220 e. The number of ether oxygens (including phenoxy) is 4. The number of aliphatic hydroxyl groups is 8. The van der Waals surface area contributed by atoms with E-state index in [1.807, 2.05) is 6.08 Å². The highest BCUT2D eigenvalue weighted by Gasteiger charge is 2.51. The fraction of sp³-hybridized carbons (Fsp3) is 0.876. The van der Waals surface area contributed by atoms with E-state index in [0.29, 0.717) is 12.8 Å². The Balaban J connectivity index is 1.57. The summed E-state index contributed by atoms with van der Waals surface area (Å²) in [6.45, 7) is 2.83. The second-order valence-electron chi connectivity index (χ2n) is 31.0. The molecule has 0 aliphatic carbocycles. The second-order valence-corrected chi connectivity index (χ2v) is 31.0. The van der Waals surface area contributed by atoms with Crippen LogP contribution in [0.3, 0.4) is 0 Å². The third-order valence-electron chi connectivity index (χ3n) is 21.4. The molecule has 2 heterocycles. The summed E-state index contributed by atoms with van der Waals surface area (Å²) in [6.07, 6.45) is 83.5. The standard InChI is InChI=1S/C89H165NO13/c1-3-5-7-9-11-13-15-17-19-21-23-25-27-29-31-33-34-35-36-37-38-39-40-41-42-43-44-45-47-49-51-53-55-57-59-61-63-65-67-69-71-73-81(94)90-77(76-100-88-86(99)84(97)87(80(75-92)102-88)103-89-85(98)83(96)82(95)79(74-91)101-89)78(93)72-70-68-66-64-62-60-58-56-54-52-50-48-46-32-30-28-26-24-22-20-18-16-14-12-10-8-6-4-2/h15,17,21,23,54,56,62,64,70,72,77-80,82-89,91-93,95-99H,3-14,16,18-20,22,24-53,55,57-61,63,65-69,71,73-76H2,1-2H3,(H,90,94)/b17-15-,23-21-,56-54+,64-62+,72-70+. The molecule has 2 aliphatic heterocycles. The lowest BCUT2D eigenvalue weighted by Crippen LogP contribution is -2.65. The van der Waals surface area contributed by atoms with Crippen molar-refractivity contribution in [3.8, 4) is 0 Å². The summed E-state index contributed by atoms with van der Waals surface area (Å²) in [5, 5.41) is 87.7. The molecule has 14 heteroatoms. The third kappa shape index (κ3) is 54.9. The molecule has 0 spiro atoms. The van der Waals surface area contributed by atoms with Crippen molar-refractivity contribution in [3.63, 3.8) is 0 Å². The molecule has 1 amide bonds. The zero-order valence-electron chi connectivity index (χ0n) is 66.6. The van der Waals surface area contributed by atoms with Crippen LogP contribution in [0.25, 0.3) is 0 Å². The predicted molar refractivity (Wildman–Crippen MR) is 429 cm³/mol. The minimum Gasteiger partial charge on any atom is -0.394 e. The molecule has 2 saturated heterocycles. The Kier molecular flexibility index (Phi) is 68.2. The van der Waals surface area contributed by atoms with Gasteiger partial charge in [0.05, 0.1) is 32.0 Å². The molecule has 12 atom stereocenters. The summed E-state index contributed by atoms with van der Waals surface area (Å²) >= 11 is 0. The summed E-state index contributed by atoms with van der Waals surface area (Å²) in [6, 6.07) is -0.940. The topological polar surface area (TPSA) is 228 Å². The Labute approximate surface area is 632 Å². The molecular formula is C89H165NO13. The number of rotatable bonds is 75. The fourth-order valence-corrected chi connectivity index (χ4v) is 14.5. The highest BCUT2D eigenvalue weighted by Crippen LogP contribution is 2.30. The van der Waals surface area contributed by atoms with E-state index < -0.39 is 86.8 Å². The van der Waals surface area contributed by atoms with Crippen LogP contribution in [0.15, 0.2) is 60.8 Å². The first-order valence-corrected chi connectivity index (χ1v) is 44.0. The Morgan fingerprint density at radius 3 is 1.01 bits per heavy atom. The molecule has 2 aliphatic rings. The van der Waals surface area contributed by atoms with Crippen LogP contribution in [-0.2, 0) is 23.7 Å². The lowest BCUT2D eigenvalue weighted by atomic mass is 9.97. The minimum absolute atomic E-state index is 0.246. The highest BCUT2D eigenvalue weighted by molar-refractivity contribution is 5.76. The van der Waals surface area contributed by atoms with Crippen molar-refractivity contribution in [2.45, 2.75) is 479 Å². The Bertz CT molecular complexity index is 1960. The largest absolute Gasteiger partial charge is 0.394 e. The zero-order chi connectivity index (χ0) is 74.4. The normalized spacial score (nSPS) is 21.8. The van der Waals surface area contributed by atoms with Crippen molar-refractivity contribution in [3.05, 3.63) is 60.8 Å². The summed E-state index contributed by atoms with van der Waals surface area (Å²) in [4.78, 5) is 13.4. The maximum absolute atomic E-state index is 13.4. The van der Waals surface area contributed by atoms with E-state index >= 15 is 0 Å². The minimum atomic E-state index is -1.79. The fourth-order valence-electron chi connectivity index (χ4n) is 14.5. The molecule has 0 aromatic rings. The van der Waals surface area contributed by atoms with Crippen molar-refractivity contribution in [2.75, 3.05) is 19.8 Å². The van der Waals surface area contributed by atoms with E-state index in [9.17, 15) is 45.6 Å². The summed E-state index contributed by atoms with van der Waals surface area (Å²) in [5.41, 5.74) is 0. The number of aliphatic hydroxyl groups excluding tert-OH is 8. The van der Waals surface area contributed by atoms with Crippen molar-refractivity contribution in [1.29, 1.82) is 0 Å². The molecule has 2 fully saturated rings. The van der Waals surface area contributed by atoms with Gasteiger partial charge in [-0.15, -0.1) is 0 Å². The zero-order valence-corrected chi connectivity index (χ0v) is 66.6. The monoisotopic (exact) mass is 1460 g/mol. The summed E-state index contributed by atoms with van der Waals surface area (Å²) in [5.74, 6) is -0.246. The number of carbonyl (C=O) groups excluding carboxylic acids is 1. The van der Waals surface area contributed by atoms with Crippen LogP contribution in [0.1, 0.15) is 406 Å². The first-order chi connectivity index (χ1) is 50.6. The van der Waals surface area contributed by atoms with Crippen LogP contribution in [0.2, 0.25) is 0 Å². The van der Waals surface area contributed by atoms with E-state index in [1.54, 1.807) is 6.08 Å². The van der Waals surface area contributed by atoms with Crippen molar-refractivity contribution in [1.82, 2.24) is 5.32 Å². The first-order valence-electron chi connectivity index (χ1n) is 44.0. The lowest BCUT2D eigenvalue weighted by molar-refractivity contribution is -0.359. The van der Waals surface area contributed by atoms with Gasteiger partial charge in [-0.05, 0) is 77.0 Å². The number of hydrogen-bond acceptors (Lipinski definition) is 13. The van der Waals surface area contributed by atoms with Gasteiger partial charge in [0, 0.05) is 6.42 Å². The van der Waals surface area contributed by atoms with Crippen LogP contribution in [-0.4, -0.2) is 140 Å². The Morgan fingerprint density at radius 1 is 0.350 bits per heavy atom. The van der Waals surface area contributed by atoms with E-state index in [-0.39, 0.29) is 18.9 Å². The summed E-state index contributed by atoms with van der Waals surface area (Å²) in [7, 11) is 0. The molecule has 103 heavy (non-hydrogen) atoms. The van der Waals surface area contributed by atoms with E-state index in [4.69, 9.17) is 18.9 Å². The number of hydrogen-bond donors (Lipinski definition) is 9. The van der Waals surface area contributed by atoms with Crippen LogP contribution >= 0.6 is 0 Å². The Hall–Kier alpha value is -2.31. The van der Waals surface area contributed by atoms with Gasteiger partial charge in [0.2, 0.25) is 5.91 Å². The van der Waals surface area contributed by atoms with Crippen LogP contribution < -0.4 is 5.32 Å². The maximum atomic E-state index is 13.4. The van der Waals surface area contributed by atoms with Crippen molar-refractivity contribution >= 4 is 5.91 Å². The van der Waals surface area contributed by atoms with Gasteiger partial charge in [-0.1, -0.05) is 383 Å². The predicted octanol–water partition coefficient (Wildman–Crippen LogP) is 21.1. The number of unbranched alkanes of at least 4 members (excludes halogenated alkanes) is 54. The quantitative estimate of drug-likeness (QED) is 0.0204. The van der Waals surface area contributed by atoms with Gasteiger partial charge in [-0.25, -0.2) is 0 Å². The van der Waals surface area contributed by atoms with Crippen molar-refractivity contribution < 1.29 is 64.6 Å². The SMILES string of the molecule is CCCCCCC/C=C\C/C=C\CCCCCCCCCCCCCCCCCCCCCCCCCCCCCCCC(=O)NC(COC1OC(CO)C(OC2OC(CO)C(O)C(O)C2O)C(O)C1O)C(O)/C=C/CC/C=C/CC/C=C/CCCCCCCCCCCCCCCCCCCC. The van der Waals surface area contributed by atoms with Gasteiger partial charge in [-0.2, -0.15) is 0 Å². The number of nitrogens with one attached hydrogen (secondary N) is 1. The molecule has 9 N–H and O–H groups in total. The van der Waals surface area contributed by atoms with Gasteiger partial charge in [0.1, 0.15) is 48.8 Å². The number of amides is 1. The van der Waals surface area contributed by atoms with Gasteiger partial charge < -0.3 is 65.1 Å². The first kappa shape index (κ1) is 96.8. The summed E-state index contributed by atoms with van der Waals surface area (Å²) < 4.78 is 22.9. The van der Waals surface area contributed by atoms with E-state index in [0.717, 1.165) is 51.4 Å². The van der Waals surface area contributed by atoms with Crippen molar-refractivity contribution in [2.24, 2.45) is 0 Å². The van der Waals surface area contributed by atoms with Gasteiger partial charge in [0.25, 0.3) is 0 Å². The number of allylic oxidation sites excluding steroid dienone is 9. The molecule has 0 radical (unpaired) electrons. The molecule has 0 saturated carbocycles. The van der Waals surface area contributed by atoms with Crippen LogP contribution in [0.5, 0.6) is 0 Å².